The number of rotatable bonds is 2. The Balaban J connectivity index is 2.58. The zero-order chi connectivity index (χ0) is 9.14. The van der Waals surface area contributed by atoms with E-state index in [1.807, 2.05) is 6.92 Å². The minimum absolute atomic E-state index is 0.00611. The Morgan fingerprint density at radius 3 is 2.67 bits per heavy atom. The maximum Gasteiger partial charge on any atom is 0.0963 e. The molecule has 0 radical (unpaired) electrons. The van der Waals surface area contributed by atoms with E-state index >= 15 is 0 Å². The molecule has 1 heterocycles. The predicted molar refractivity (Wildman–Crippen MR) is 43.6 cm³/mol. The van der Waals surface area contributed by atoms with E-state index in [9.17, 15) is 14.6 Å². The first kappa shape index (κ1) is 9.89. The highest BCUT2D eigenvalue weighted by atomic mass is 19.1. The van der Waals surface area contributed by atoms with E-state index < -0.39 is 24.8 Å². The topological polar surface area (TPSA) is 52.5 Å². The molecule has 0 aromatic heterocycles. The number of aliphatic hydroxyl groups is 2. The summed E-state index contributed by atoms with van der Waals surface area (Å²) in [5.74, 6) is -0.459. The predicted octanol–water partition coefficient (Wildman–Crippen LogP) is -0.324. The number of halogens is 1. The van der Waals surface area contributed by atoms with Crippen LogP contribution < -0.4 is 5.32 Å². The molecule has 0 unspecified atom stereocenters. The molecule has 12 heavy (non-hydrogen) atoms. The number of alkyl halides is 1. The van der Waals surface area contributed by atoms with E-state index in [1.165, 1.54) is 0 Å². The molecule has 1 aliphatic rings. The molecule has 0 aromatic carbocycles. The van der Waals surface area contributed by atoms with Crippen molar-refractivity contribution >= 4 is 0 Å². The van der Waals surface area contributed by atoms with Gasteiger partial charge >= 0.3 is 0 Å². The molecule has 3 N–H and O–H groups in total. The Bertz CT molecular complexity index is 143. The first-order valence-corrected chi connectivity index (χ1v) is 4.36. The van der Waals surface area contributed by atoms with Gasteiger partial charge in [-0.25, -0.2) is 0 Å². The Hall–Kier alpha value is -0.190. The molecule has 1 rings (SSSR count). The van der Waals surface area contributed by atoms with Crippen molar-refractivity contribution in [3.05, 3.63) is 0 Å². The smallest absolute Gasteiger partial charge is 0.0963 e. The number of aliphatic hydroxyl groups excluding tert-OH is 2. The van der Waals surface area contributed by atoms with Crippen molar-refractivity contribution < 1.29 is 14.6 Å². The summed E-state index contributed by atoms with van der Waals surface area (Å²) >= 11 is 0. The average molecular weight is 177 g/mol. The Morgan fingerprint density at radius 1 is 1.50 bits per heavy atom. The fourth-order valence-electron chi connectivity index (χ4n) is 1.71. The second-order valence-electron chi connectivity index (χ2n) is 3.30. The summed E-state index contributed by atoms with van der Waals surface area (Å²) in [4.78, 5) is 0. The fraction of sp³-hybridized carbons (Fsp3) is 1.00. The molecule has 3 nitrogen and oxygen atoms in total. The minimum Gasteiger partial charge on any atom is -0.390 e. The van der Waals surface area contributed by atoms with Crippen LogP contribution in [0.25, 0.3) is 0 Å². The standard InChI is InChI=1S/C8H16FNO2/c1-2-6-5(3-9)8(12)7(11)4-10-6/h5-8,10-12H,2-4H2,1H3/t5-,6-,7+,8+/m0/s1. The minimum atomic E-state index is -0.916. The number of hydrogen-bond donors (Lipinski definition) is 3. The molecule has 0 spiro atoms. The lowest BCUT2D eigenvalue weighted by molar-refractivity contribution is -0.0583. The van der Waals surface area contributed by atoms with Crippen LogP contribution in [0.1, 0.15) is 13.3 Å². The highest BCUT2D eigenvalue weighted by Gasteiger charge is 2.36. The zero-order valence-electron chi connectivity index (χ0n) is 7.20. The van der Waals surface area contributed by atoms with Crippen molar-refractivity contribution in [1.82, 2.24) is 5.32 Å². The normalized spacial score (nSPS) is 43.0. The van der Waals surface area contributed by atoms with Gasteiger partial charge in [-0.1, -0.05) is 6.92 Å². The number of hydrogen-bond acceptors (Lipinski definition) is 3. The molecule has 0 bridgehead atoms. The van der Waals surface area contributed by atoms with E-state index in [0.29, 0.717) is 6.54 Å². The molecule has 0 aliphatic carbocycles. The van der Waals surface area contributed by atoms with Crippen LogP contribution >= 0.6 is 0 Å². The molecule has 4 heteroatoms. The lowest BCUT2D eigenvalue weighted by Crippen LogP contribution is -2.56. The van der Waals surface area contributed by atoms with Gasteiger partial charge in [0, 0.05) is 18.5 Å². The third-order valence-corrected chi connectivity index (χ3v) is 2.56. The molecule has 72 valence electrons. The lowest BCUT2D eigenvalue weighted by Gasteiger charge is -2.37. The molecule has 0 amide bonds. The first-order valence-electron chi connectivity index (χ1n) is 4.36. The SMILES string of the molecule is CC[C@@H]1NC[C@@H](O)[C@H](O)[C@H]1CF. The fourth-order valence-corrected chi connectivity index (χ4v) is 1.71. The summed E-state index contributed by atoms with van der Waals surface area (Å²) in [5, 5.41) is 21.6. The van der Waals surface area contributed by atoms with Crippen LogP contribution in [0.15, 0.2) is 0 Å². The summed E-state index contributed by atoms with van der Waals surface area (Å²) < 4.78 is 12.4. The van der Waals surface area contributed by atoms with Crippen LogP contribution in [0, 0.1) is 5.92 Å². The van der Waals surface area contributed by atoms with Crippen molar-refractivity contribution in [2.75, 3.05) is 13.2 Å². The molecule has 4 atom stereocenters. The summed E-state index contributed by atoms with van der Waals surface area (Å²) in [6.07, 6.45) is -0.965. The van der Waals surface area contributed by atoms with Gasteiger partial charge in [0.15, 0.2) is 0 Å². The van der Waals surface area contributed by atoms with Gasteiger partial charge in [-0.3, -0.25) is 4.39 Å². The van der Waals surface area contributed by atoms with E-state index in [1.54, 1.807) is 0 Å². The molecular formula is C8H16FNO2. The summed E-state index contributed by atoms with van der Waals surface area (Å²) in [6.45, 7) is 1.71. The van der Waals surface area contributed by atoms with Gasteiger partial charge in [-0.05, 0) is 6.42 Å². The van der Waals surface area contributed by atoms with E-state index in [4.69, 9.17) is 0 Å². The molecule has 0 aromatic rings. The third kappa shape index (κ3) is 1.76. The van der Waals surface area contributed by atoms with E-state index in [-0.39, 0.29) is 6.04 Å². The maximum atomic E-state index is 12.4. The number of nitrogens with one attached hydrogen (secondary N) is 1. The number of β-amino-alcohol motifs (C(OH)–C–C–N with tert-alkyl or cyclic N) is 1. The van der Waals surface area contributed by atoms with Gasteiger partial charge in [0.2, 0.25) is 0 Å². The van der Waals surface area contributed by atoms with Gasteiger partial charge in [0.05, 0.1) is 18.9 Å². The van der Waals surface area contributed by atoms with Gasteiger partial charge in [0.25, 0.3) is 0 Å². The third-order valence-electron chi connectivity index (χ3n) is 2.56. The molecule has 1 fully saturated rings. The Morgan fingerprint density at radius 2 is 2.17 bits per heavy atom. The first-order chi connectivity index (χ1) is 5.70. The summed E-state index contributed by atoms with van der Waals surface area (Å²) in [6, 6.07) is -0.00611. The van der Waals surface area contributed by atoms with Crippen molar-refractivity contribution in [3.63, 3.8) is 0 Å². The monoisotopic (exact) mass is 177 g/mol. The van der Waals surface area contributed by atoms with E-state index in [2.05, 4.69) is 5.32 Å². The van der Waals surface area contributed by atoms with Crippen LogP contribution in [0.3, 0.4) is 0 Å². The van der Waals surface area contributed by atoms with Crippen molar-refractivity contribution in [2.45, 2.75) is 31.6 Å². The summed E-state index contributed by atoms with van der Waals surface area (Å²) in [7, 11) is 0. The van der Waals surface area contributed by atoms with Crippen molar-refractivity contribution in [2.24, 2.45) is 5.92 Å². The van der Waals surface area contributed by atoms with Crippen LogP contribution in [0.4, 0.5) is 4.39 Å². The molecule has 0 saturated carbocycles. The van der Waals surface area contributed by atoms with Crippen LogP contribution in [-0.2, 0) is 0 Å². The zero-order valence-corrected chi connectivity index (χ0v) is 7.20. The van der Waals surface area contributed by atoms with Crippen LogP contribution in [-0.4, -0.2) is 41.7 Å². The highest BCUT2D eigenvalue weighted by Crippen LogP contribution is 2.20. The summed E-state index contributed by atoms with van der Waals surface area (Å²) in [5.41, 5.74) is 0. The average Bonchev–Trinajstić information content (AvgIpc) is 2.09. The largest absolute Gasteiger partial charge is 0.390 e. The van der Waals surface area contributed by atoms with E-state index in [0.717, 1.165) is 6.42 Å². The van der Waals surface area contributed by atoms with Gasteiger partial charge in [0.1, 0.15) is 0 Å². The quantitative estimate of drug-likeness (QED) is 0.541. The lowest BCUT2D eigenvalue weighted by atomic mass is 9.86. The molecular weight excluding hydrogens is 161 g/mol. The van der Waals surface area contributed by atoms with Gasteiger partial charge in [-0.2, -0.15) is 0 Å². The van der Waals surface area contributed by atoms with Crippen LogP contribution in [0.5, 0.6) is 0 Å². The van der Waals surface area contributed by atoms with Crippen molar-refractivity contribution in [3.8, 4) is 0 Å². The van der Waals surface area contributed by atoms with Gasteiger partial charge in [-0.15, -0.1) is 0 Å². The second-order valence-corrected chi connectivity index (χ2v) is 3.30. The van der Waals surface area contributed by atoms with Gasteiger partial charge < -0.3 is 15.5 Å². The highest BCUT2D eigenvalue weighted by molar-refractivity contribution is 4.90. The number of piperidine rings is 1. The Kier molecular flexibility index (Phi) is 3.43. The maximum absolute atomic E-state index is 12.4. The molecule has 1 saturated heterocycles. The molecule has 1 aliphatic heterocycles. The Labute approximate surface area is 71.6 Å². The van der Waals surface area contributed by atoms with Crippen LogP contribution in [0.2, 0.25) is 0 Å². The second kappa shape index (κ2) is 4.16. The van der Waals surface area contributed by atoms with Crippen molar-refractivity contribution in [1.29, 1.82) is 0 Å².